The zero-order valence-corrected chi connectivity index (χ0v) is 11.9. The number of nitrogens with zero attached hydrogens (tertiary/aromatic N) is 1. The molecule has 4 nitrogen and oxygen atoms in total. The molecule has 1 fully saturated rings. The van der Waals surface area contributed by atoms with Gasteiger partial charge < -0.3 is 14.8 Å². The van der Waals surface area contributed by atoms with E-state index in [1.54, 1.807) is 6.20 Å². The van der Waals surface area contributed by atoms with Crippen molar-refractivity contribution in [3.8, 4) is 11.6 Å². The topological polar surface area (TPSA) is 43.4 Å². The average molecular weight is 264 g/mol. The quantitative estimate of drug-likeness (QED) is 0.858. The highest BCUT2D eigenvalue weighted by Gasteiger charge is 2.14. The standard InChI is InChI=1S/C15H24N2O2/c1-12(2)19-14-6-4-9-17-15(14)18-10-7-13-5-3-8-16-11-13/h4,6,9,12-13,16H,3,5,7-8,10-11H2,1-2H3. The summed E-state index contributed by atoms with van der Waals surface area (Å²) in [4.78, 5) is 4.25. The lowest BCUT2D eigenvalue weighted by atomic mass is 9.97. The molecule has 0 amide bonds. The van der Waals surface area contributed by atoms with E-state index < -0.39 is 0 Å². The molecule has 1 aliphatic heterocycles. The van der Waals surface area contributed by atoms with Crippen LogP contribution in [-0.4, -0.2) is 30.8 Å². The lowest BCUT2D eigenvalue weighted by molar-refractivity contribution is 0.205. The van der Waals surface area contributed by atoms with Crippen LogP contribution in [0.1, 0.15) is 33.1 Å². The third-order valence-electron chi connectivity index (χ3n) is 3.26. The highest BCUT2D eigenvalue weighted by Crippen LogP contribution is 2.25. The van der Waals surface area contributed by atoms with Crippen LogP contribution in [0.2, 0.25) is 0 Å². The Labute approximate surface area is 115 Å². The maximum absolute atomic E-state index is 5.78. The highest BCUT2D eigenvalue weighted by atomic mass is 16.5. The molecule has 1 saturated heterocycles. The molecule has 106 valence electrons. The normalized spacial score (nSPS) is 19.4. The van der Waals surface area contributed by atoms with Gasteiger partial charge in [0.25, 0.3) is 5.88 Å². The molecular formula is C15H24N2O2. The van der Waals surface area contributed by atoms with Crippen LogP contribution in [0, 0.1) is 5.92 Å². The molecule has 1 unspecified atom stereocenters. The number of rotatable bonds is 6. The first kappa shape index (κ1) is 14.1. The Morgan fingerprint density at radius 3 is 3.11 bits per heavy atom. The molecule has 0 aliphatic carbocycles. The Bertz CT molecular complexity index is 376. The van der Waals surface area contributed by atoms with E-state index in [0.717, 1.165) is 31.2 Å². The largest absolute Gasteiger partial charge is 0.485 e. The number of nitrogens with one attached hydrogen (secondary N) is 1. The fourth-order valence-electron chi connectivity index (χ4n) is 2.32. The minimum Gasteiger partial charge on any atom is -0.485 e. The van der Waals surface area contributed by atoms with Gasteiger partial charge >= 0.3 is 0 Å². The van der Waals surface area contributed by atoms with Crippen molar-refractivity contribution in [3.63, 3.8) is 0 Å². The number of hydrogen-bond donors (Lipinski definition) is 1. The van der Waals surface area contributed by atoms with E-state index in [1.165, 1.54) is 12.8 Å². The predicted octanol–water partition coefficient (Wildman–Crippen LogP) is 2.64. The molecular weight excluding hydrogens is 240 g/mol. The van der Waals surface area contributed by atoms with E-state index in [4.69, 9.17) is 9.47 Å². The van der Waals surface area contributed by atoms with Crippen LogP contribution in [-0.2, 0) is 0 Å². The molecule has 4 heteroatoms. The summed E-state index contributed by atoms with van der Waals surface area (Å²) < 4.78 is 11.5. The smallest absolute Gasteiger partial charge is 0.256 e. The van der Waals surface area contributed by atoms with Gasteiger partial charge in [-0.15, -0.1) is 0 Å². The number of hydrogen-bond acceptors (Lipinski definition) is 4. The third kappa shape index (κ3) is 4.71. The van der Waals surface area contributed by atoms with Crippen molar-refractivity contribution in [2.24, 2.45) is 5.92 Å². The summed E-state index contributed by atoms with van der Waals surface area (Å²) >= 11 is 0. The van der Waals surface area contributed by atoms with Gasteiger partial charge in [0.15, 0.2) is 5.75 Å². The first-order valence-electron chi connectivity index (χ1n) is 7.21. The van der Waals surface area contributed by atoms with Crippen molar-refractivity contribution in [3.05, 3.63) is 18.3 Å². The van der Waals surface area contributed by atoms with E-state index in [1.807, 2.05) is 26.0 Å². The number of ether oxygens (including phenoxy) is 2. The van der Waals surface area contributed by atoms with Gasteiger partial charge in [0.2, 0.25) is 0 Å². The van der Waals surface area contributed by atoms with Gasteiger partial charge in [-0.25, -0.2) is 4.98 Å². The molecule has 0 bridgehead atoms. The average Bonchev–Trinajstić information content (AvgIpc) is 2.41. The first-order chi connectivity index (χ1) is 9.25. The Balaban J connectivity index is 1.81. The van der Waals surface area contributed by atoms with Gasteiger partial charge in [0, 0.05) is 6.20 Å². The van der Waals surface area contributed by atoms with Crippen molar-refractivity contribution < 1.29 is 9.47 Å². The van der Waals surface area contributed by atoms with E-state index in [2.05, 4.69) is 10.3 Å². The molecule has 0 saturated carbocycles. The Morgan fingerprint density at radius 2 is 2.37 bits per heavy atom. The minimum atomic E-state index is 0.133. The van der Waals surface area contributed by atoms with Crippen LogP contribution in [0.4, 0.5) is 0 Å². The summed E-state index contributed by atoms with van der Waals surface area (Å²) in [6, 6.07) is 3.78. The van der Waals surface area contributed by atoms with Crippen LogP contribution >= 0.6 is 0 Å². The van der Waals surface area contributed by atoms with E-state index in [9.17, 15) is 0 Å². The number of aromatic nitrogens is 1. The molecule has 1 atom stereocenters. The lowest BCUT2D eigenvalue weighted by Gasteiger charge is -2.22. The molecule has 0 radical (unpaired) electrons. The number of piperidine rings is 1. The summed E-state index contributed by atoms with van der Waals surface area (Å²) in [6.07, 6.45) is 5.52. The van der Waals surface area contributed by atoms with Gasteiger partial charge in [0.05, 0.1) is 12.7 Å². The van der Waals surface area contributed by atoms with E-state index in [-0.39, 0.29) is 6.10 Å². The zero-order valence-electron chi connectivity index (χ0n) is 11.9. The fraction of sp³-hybridized carbons (Fsp3) is 0.667. The molecule has 0 aromatic carbocycles. The summed E-state index contributed by atoms with van der Waals surface area (Å²) in [5.74, 6) is 2.08. The fourth-order valence-corrected chi connectivity index (χ4v) is 2.32. The second-order valence-electron chi connectivity index (χ2n) is 5.32. The third-order valence-corrected chi connectivity index (χ3v) is 3.26. The zero-order chi connectivity index (χ0) is 13.5. The Morgan fingerprint density at radius 1 is 1.47 bits per heavy atom. The molecule has 1 aromatic rings. The first-order valence-corrected chi connectivity index (χ1v) is 7.21. The molecule has 0 spiro atoms. The second kappa shape index (κ2) is 7.34. The lowest BCUT2D eigenvalue weighted by Crippen LogP contribution is -2.30. The highest BCUT2D eigenvalue weighted by molar-refractivity contribution is 5.32. The van der Waals surface area contributed by atoms with Crippen LogP contribution in [0.3, 0.4) is 0 Å². The Hall–Kier alpha value is -1.29. The second-order valence-corrected chi connectivity index (χ2v) is 5.32. The van der Waals surface area contributed by atoms with Crippen molar-refractivity contribution in [1.29, 1.82) is 0 Å². The summed E-state index contributed by atoms with van der Waals surface area (Å²) in [5, 5.41) is 3.43. The monoisotopic (exact) mass is 264 g/mol. The van der Waals surface area contributed by atoms with Gasteiger partial charge in [-0.1, -0.05) is 0 Å². The summed E-state index contributed by atoms with van der Waals surface area (Å²) in [6.45, 7) is 6.98. The van der Waals surface area contributed by atoms with Crippen LogP contribution < -0.4 is 14.8 Å². The van der Waals surface area contributed by atoms with E-state index >= 15 is 0 Å². The number of pyridine rings is 1. The van der Waals surface area contributed by atoms with Gasteiger partial charge in [-0.2, -0.15) is 0 Å². The molecule has 19 heavy (non-hydrogen) atoms. The van der Waals surface area contributed by atoms with Gasteiger partial charge in [0.1, 0.15) is 0 Å². The molecule has 2 rings (SSSR count). The van der Waals surface area contributed by atoms with Crippen molar-refractivity contribution in [2.45, 2.75) is 39.2 Å². The van der Waals surface area contributed by atoms with E-state index in [0.29, 0.717) is 12.5 Å². The predicted molar refractivity (Wildman–Crippen MR) is 75.7 cm³/mol. The molecule has 1 aromatic heterocycles. The molecule has 1 N–H and O–H groups in total. The Kier molecular flexibility index (Phi) is 5.45. The van der Waals surface area contributed by atoms with Crippen LogP contribution in [0.5, 0.6) is 11.6 Å². The van der Waals surface area contributed by atoms with Crippen LogP contribution in [0.25, 0.3) is 0 Å². The SMILES string of the molecule is CC(C)Oc1cccnc1OCCC1CCCNC1. The minimum absolute atomic E-state index is 0.133. The molecule has 1 aliphatic rings. The van der Waals surface area contributed by atoms with Gasteiger partial charge in [-0.05, 0) is 64.3 Å². The van der Waals surface area contributed by atoms with Gasteiger partial charge in [-0.3, -0.25) is 0 Å². The maximum atomic E-state index is 5.78. The summed E-state index contributed by atoms with van der Waals surface area (Å²) in [5.41, 5.74) is 0. The molecule has 2 heterocycles. The van der Waals surface area contributed by atoms with Crippen LogP contribution in [0.15, 0.2) is 18.3 Å². The summed E-state index contributed by atoms with van der Waals surface area (Å²) in [7, 11) is 0. The van der Waals surface area contributed by atoms with Crippen molar-refractivity contribution in [2.75, 3.05) is 19.7 Å². The van der Waals surface area contributed by atoms with Crippen molar-refractivity contribution >= 4 is 0 Å². The van der Waals surface area contributed by atoms with Crippen molar-refractivity contribution in [1.82, 2.24) is 10.3 Å². The maximum Gasteiger partial charge on any atom is 0.256 e.